The van der Waals surface area contributed by atoms with Gasteiger partial charge in [-0.1, -0.05) is 6.07 Å². The zero-order valence-corrected chi connectivity index (χ0v) is 8.50. The van der Waals surface area contributed by atoms with E-state index in [9.17, 15) is 13.6 Å². The first-order chi connectivity index (χ1) is 7.66. The molecule has 0 amide bonds. The number of hydrogen-bond donors (Lipinski definition) is 0. The summed E-state index contributed by atoms with van der Waals surface area (Å²) in [6, 6.07) is 3.44. The fraction of sp³-hybridized carbons (Fsp3) is 0.250. The van der Waals surface area contributed by atoms with Crippen LogP contribution in [0.15, 0.2) is 30.0 Å². The van der Waals surface area contributed by atoms with Crippen LogP contribution < -0.4 is 0 Å². The Morgan fingerprint density at radius 3 is 2.75 bits per heavy atom. The molecule has 84 valence electrons. The van der Waals surface area contributed by atoms with Crippen LogP contribution in [0.4, 0.5) is 8.78 Å². The first-order valence-electron chi connectivity index (χ1n) is 4.97. The lowest BCUT2D eigenvalue weighted by atomic mass is 10.1. The Morgan fingerprint density at radius 1 is 1.31 bits per heavy atom. The van der Waals surface area contributed by atoms with Crippen LogP contribution in [0.5, 0.6) is 0 Å². The van der Waals surface area contributed by atoms with Crippen molar-refractivity contribution in [1.29, 1.82) is 0 Å². The molecule has 0 atom stereocenters. The van der Waals surface area contributed by atoms with E-state index in [4.69, 9.17) is 4.74 Å². The number of hydrogen-bond acceptors (Lipinski definition) is 2. The van der Waals surface area contributed by atoms with Crippen molar-refractivity contribution >= 4 is 5.78 Å². The molecule has 0 N–H and O–H groups in total. The number of benzene rings is 1. The maximum Gasteiger partial charge on any atom is 0.201 e. The highest BCUT2D eigenvalue weighted by Crippen LogP contribution is 2.15. The summed E-state index contributed by atoms with van der Waals surface area (Å²) in [5.41, 5.74) is 0.445. The van der Waals surface area contributed by atoms with Crippen LogP contribution in [0.1, 0.15) is 12.0 Å². The number of ether oxygens (including phenoxy) is 1. The highest BCUT2D eigenvalue weighted by molar-refractivity contribution is 5.95. The van der Waals surface area contributed by atoms with Crippen LogP contribution in [0.25, 0.3) is 0 Å². The van der Waals surface area contributed by atoms with E-state index in [0.29, 0.717) is 17.9 Å². The zero-order chi connectivity index (χ0) is 11.5. The van der Waals surface area contributed by atoms with Crippen LogP contribution >= 0.6 is 0 Å². The number of carbonyl (C=O) groups excluding carboxylic acids is 1. The summed E-state index contributed by atoms with van der Waals surface area (Å²) >= 11 is 0. The molecule has 0 aromatic heterocycles. The lowest BCUT2D eigenvalue weighted by Gasteiger charge is -2.03. The van der Waals surface area contributed by atoms with E-state index in [-0.39, 0.29) is 12.2 Å². The van der Waals surface area contributed by atoms with Crippen LogP contribution in [0.3, 0.4) is 0 Å². The molecule has 0 unspecified atom stereocenters. The molecule has 0 bridgehead atoms. The molecule has 0 saturated carbocycles. The van der Waals surface area contributed by atoms with E-state index in [1.54, 1.807) is 6.08 Å². The third-order valence-electron chi connectivity index (χ3n) is 2.33. The Hall–Kier alpha value is -1.71. The summed E-state index contributed by atoms with van der Waals surface area (Å²) in [6.45, 7) is 0.513. The van der Waals surface area contributed by atoms with Gasteiger partial charge in [-0.05, 0) is 23.8 Å². The second kappa shape index (κ2) is 4.43. The zero-order valence-electron chi connectivity index (χ0n) is 8.50. The third-order valence-corrected chi connectivity index (χ3v) is 2.33. The van der Waals surface area contributed by atoms with Crippen molar-refractivity contribution in [2.45, 2.75) is 12.8 Å². The van der Waals surface area contributed by atoms with Gasteiger partial charge in [0.05, 0.1) is 6.61 Å². The van der Waals surface area contributed by atoms with Crippen molar-refractivity contribution in [1.82, 2.24) is 0 Å². The van der Waals surface area contributed by atoms with Gasteiger partial charge in [0.1, 0.15) is 0 Å². The number of halogens is 2. The number of ketones is 1. The van der Waals surface area contributed by atoms with Gasteiger partial charge in [-0.15, -0.1) is 0 Å². The van der Waals surface area contributed by atoms with Gasteiger partial charge in [0, 0.05) is 12.8 Å². The lowest BCUT2D eigenvalue weighted by molar-refractivity contribution is -0.117. The molecule has 2 nitrogen and oxygen atoms in total. The second-order valence-corrected chi connectivity index (χ2v) is 3.55. The Morgan fingerprint density at radius 2 is 2.12 bits per heavy atom. The van der Waals surface area contributed by atoms with Gasteiger partial charge in [-0.3, -0.25) is 4.79 Å². The number of allylic oxidation sites excluding steroid dienone is 1. The summed E-state index contributed by atoms with van der Waals surface area (Å²) in [4.78, 5) is 11.6. The summed E-state index contributed by atoms with van der Waals surface area (Å²) < 4.78 is 30.6. The maximum absolute atomic E-state index is 12.9. The highest BCUT2D eigenvalue weighted by atomic mass is 19.2. The summed E-state index contributed by atoms with van der Waals surface area (Å²) in [6.07, 6.45) is 2.46. The topological polar surface area (TPSA) is 26.3 Å². The van der Waals surface area contributed by atoms with Crippen molar-refractivity contribution in [3.63, 3.8) is 0 Å². The van der Waals surface area contributed by atoms with Crippen LogP contribution in [-0.2, 0) is 16.0 Å². The molecule has 1 aliphatic rings. The van der Waals surface area contributed by atoms with Gasteiger partial charge in [0.25, 0.3) is 0 Å². The minimum absolute atomic E-state index is 0.0308. The standard InChI is InChI=1S/C12H10F2O2/c13-9-4-3-8(6-10(9)14)7-11(15)12-2-1-5-16-12/h2-4,6H,1,5,7H2. The predicted octanol–water partition coefficient (Wildman–Crippen LogP) is 2.38. The molecular formula is C12H10F2O2. The molecule has 1 aromatic rings. The molecule has 1 aromatic carbocycles. The molecule has 0 spiro atoms. The fourth-order valence-corrected chi connectivity index (χ4v) is 1.53. The van der Waals surface area contributed by atoms with E-state index in [2.05, 4.69) is 0 Å². The minimum atomic E-state index is -0.938. The Balaban J connectivity index is 2.08. The van der Waals surface area contributed by atoms with E-state index in [1.165, 1.54) is 6.07 Å². The van der Waals surface area contributed by atoms with Crippen molar-refractivity contribution in [2.24, 2.45) is 0 Å². The third kappa shape index (κ3) is 2.27. The first-order valence-corrected chi connectivity index (χ1v) is 4.97. The molecular weight excluding hydrogens is 214 g/mol. The van der Waals surface area contributed by atoms with Gasteiger partial charge in [0.2, 0.25) is 5.78 Å². The average Bonchev–Trinajstić information content (AvgIpc) is 2.77. The summed E-state index contributed by atoms with van der Waals surface area (Å²) in [5.74, 6) is -1.73. The molecule has 2 rings (SSSR count). The smallest absolute Gasteiger partial charge is 0.201 e. The number of carbonyl (C=O) groups is 1. The molecule has 1 heterocycles. The fourth-order valence-electron chi connectivity index (χ4n) is 1.53. The van der Waals surface area contributed by atoms with Crippen LogP contribution in [0.2, 0.25) is 0 Å². The highest BCUT2D eigenvalue weighted by Gasteiger charge is 2.16. The average molecular weight is 224 g/mol. The van der Waals surface area contributed by atoms with Gasteiger partial charge in [-0.25, -0.2) is 8.78 Å². The summed E-state index contributed by atoms with van der Waals surface area (Å²) in [7, 11) is 0. The number of Topliss-reactive ketones (excluding diaryl/α,β-unsaturated/α-hetero) is 1. The molecule has 0 fully saturated rings. The van der Waals surface area contributed by atoms with Crippen molar-refractivity contribution in [3.05, 3.63) is 47.2 Å². The lowest BCUT2D eigenvalue weighted by Crippen LogP contribution is -2.07. The predicted molar refractivity (Wildman–Crippen MR) is 53.7 cm³/mol. The van der Waals surface area contributed by atoms with Gasteiger partial charge < -0.3 is 4.74 Å². The largest absolute Gasteiger partial charge is 0.490 e. The molecule has 1 aliphatic heterocycles. The first kappa shape index (κ1) is 10.8. The number of rotatable bonds is 3. The molecule has 0 radical (unpaired) electrons. The van der Waals surface area contributed by atoms with E-state index in [0.717, 1.165) is 18.6 Å². The minimum Gasteiger partial charge on any atom is -0.490 e. The molecule has 16 heavy (non-hydrogen) atoms. The van der Waals surface area contributed by atoms with Crippen molar-refractivity contribution in [3.8, 4) is 0 Å². The molecule has 0 saturated heterocycles. The Bertz CT molecular complexity index is 452. The van der Waals surface area contributed by atoms with Crippen molar-refractivity contribution < 1.29 is 18.3 Å². The van der Waals surface area contributed by atoms with E-state index in [1.807, 2.05) is 0 Å². The molecule has 4 heteroatoms. The second-order valence-electron chi connectivity index (χ2n) is 3.55. The summed E-state index contributed by atoms with van der Waals surface area (Å²) in [5, 5.41) is 0. The van der Waals surface area contributed by atoms with Gasteiger partial charge in [0.15, 0.2) is 17.4 Å². The van der Waals surface area contributed by atoms with Gasteiger partial charge >= 0.3 is 0 Å². The van der Waals surface area contributed by atoms with E-state index < -0.39 is 11.6 Å². The monoisotopic (exact) mass is 224 g/mol. The van der Waals surface area contributed by atoms with E-state index >= 15 is 0 Å². The van der Waals surface area contributed by atoms with Gasteiger partial charge in [-0.2, -0.15) is 0 Å². The van der Waals surface area contributed by atoms with Crippen molar-refractivity contribution in [2.75, 3.05) is 6.61 Å². The normalized spacial score (nSPS) is 14.5. The molecule has 0 aliphatic carbocycles. The maximum atomic E-state index is 12.9. The van der Waals surface area contributed by atoms with Crippen LogP contribution in [0, 0.1) is 11.6 Å². The quantitative estimate of drug-likeness (QED) is 0.787. The SMILES string of the molecule is O=C(Cc1ccc(F)c(F)c1)C1=CCCO1. The van der Waals surface area contributed by atoms with Crippen LogP contribution in [-0.4, -0.2) is 12.4 Å². The Kier molecular flexibility index (Phi) is 2.99. The Labute approximate surface area is 91.5 Å².